The molecule has 140 valence electrons. The van der Waals surface area contributed by atoms with E-state index in [0.717, 1.165) is 12.8 Å². The Kier molecular flexibility index (Phi) is 7.28. The molecule has 4 rings (SSSR count). The highest BCUT2D eigenvalue weighted by Gasteiger charge is 2.24. The lowest BCUT2D eigenvalue weighted by Crippen LogP contribution is -2.31. The van der Waals surface area contributed by atoms with Gasteiger partial charge < -0.3 is 10.8 Å². The first-order chi connectivity index (χ1) is 12.8. The summed E-state index contributed by atoms with van der Waals surface area (Å²) >= 11 is 0. The number of benzene rings is 2. The van der Waals surface area contributed by atoms with Crippen LogP contribution < -0.4 is 5.73 Å². The number of aliphatic hydroxyl groups is 1. The fourth-order valence-corrected chi connectivity index (χ4v) is 4.47. The van der Waals surface area contributed by atoms with E-state index in [4.69, 9.17) is 5.73 Å². The predicted molar refractivity (Wildman–Crippen MR) is 109 cm³/mol. The molecule has 26 heavy (non-hydrogen) atoms. The third kappa shape index (κ3) is 5.18. The molecule has 0 radical (unpaired) electrons. The van der Waals surface area contributed by atoms with Gasteiger partial charge in [0.15, 0.2) is 0 Å². The third-order valence-corrected chi connectivity index (χ3v) is 6.00. The molecule has 0 spiro atoms. The first-order valence-electron chi connectivity index (χ1n) is 10.3. The van der Waals surface area contributed by atoms with Crippen molar-refractivity contribution in [1.82, 2.24) is 0 Å². The lowest BCUT2D eigenvalue weighted by Gasteiger charge is -2.28. The molecule has 4 atom stereocenters. The van der Waals surface area contributed by atoms with E-state index in [2.05, 4.69) is 54.6 Å². The van der Waals surface area contributed by atoms with Crippen molar-refractivity contribution in [2.24, 2.45) is 5.73 Å². The van der Waals surface area contributed by atoms with Crippen LogP contribution in [0.5, 0.6) is 0 Å². The van der Waals surface area contributed by atoms with Crippen LogP contribution in [0.25, 0.3) is 0 Å². The van der Waals surface area contributed by atoms with Gasteiger partial charge in [0, 0.05) is 12.0 Å². The molecule has 0 aliphatic heterocycles. The lowest BCUT2D eigenvalue weighted by molar-refractivity contribution is 0.106. The maximum atomic E-state index is 9.82. The van der Waals surface area contributed by atoms with Gasteiger partial charge in [0.25, 0.3) is 0 Å². The lowest BCUT2D eigenvalue weighted by atomic mass is 9.80. The molecule has 3 N–H and O–H groups in total. The van der Waals surface area contributed by atoms with E-state index in [1.54, 1.807) is 0 Å². The van der Waals surface area contributed by atoms with Crippen molar-refractivity contribution in [3.05, 3.63) is 71.8 Å². The summed E-state index contributed by atoms with van der Waals surface area (Å²) in [6.07, 6.45) is 9.56. The molecule has 2 aromatic rings. The van der Waals surface area contributed by atoms with Crippen molar-refractivity contribution in [3.63, 3.8) is 0 Å². The fraction of sp³-hybridized carbons (Fsp3) is 0.500. The quantitative estimate of drug-likeness (QED) is 0.763. The summed E-state index contributed by atoms with van der Waals surface area (Å²) in [5.74, 6) is 0.991. The van der Waals surface area contributed by atoms with Gasteiger partial charge in [0.2, 0.25) is 0 Å². The Balaban J connectivity index is 0.000000151. The van der Waals surface area contributed by atoms with Crippen LogP contribution in [0.1, 0.15) is 74.3 Å². The average molecular weight is 352 g/mol. The fourth-order valence-electron chi connectivity index (χ4n) is 4.47. The minimum atomic E-state index is -0.115. The predicted octanol–water partition coefficient (Wildman–Crippen LogP) is 5.38. The molecule has 2 aliphatic rings. The van der Waals surface area contributed by atoms with E-state index in [-0.39, 0.29) is 6.10 Å². The molecule has 0 amide bonds. The van der Waals surface area contributed by atoms with Crippen molar-refractivity contribution in [1.29, 1.82) is 0 Å². The van der Waals surface area contributed by atoms with Gasteiger partial charge in [-0.05, 0) is 42.7 Å². The van der Waals surface area contributed by atoms with Crippen LogP contribution in [-0.2, 0) is 0 Å². The third-order valence-electron chi connectivity index (χ3n) is 6.00. The molecule has 2 heteroatoms. The van der Waals surface area contributed by atoms with Gasteiger partial charge in [-0.2, -0.15) is 0 Å². The Labute approximate surface area is 158 Å². The van der Waals surface area contributed by atoms with Gasteiger partial charge in [-0.3, -0.25) is 0 Å². The highest BCUT2D eigenvalue weighted by molar-refractivity contribution is 5.22. The van der Waals surface area contributed by atoms with Crippen LogP contribution in [-0.4, -0.2) is 17.3 Å². The Bertz CT molecular complexity index is 570. The van der Waals surface area contributed by atoms with Crippen molar-refractivity contribution >= 4 is 0 Å². The Morgan fingerprint density at radius 1 is 0.615 bits per heavy atom. The highest BCUT2D eigenvalue weighted by atomic mass is 16.3. The Morgan fingerprint density at radius 2 is 1.08 bits per heavy atom. The Morgan fingerprint density at radius 3 is 1.62 bits per heavy atom. The maximum Gasteiger partial charge on any atom is 0.0608 e. The second kappa shape index (κ2) is 9.89. The summed E-state index contributed by atoms with van der Waals surface area (Å²) in [5, 5.41) is 9.82. The summed E-state index contributed by atoms with van der Waals surface area (Å²) in [6, 6.07) is 21.5. The van der Waals surface area contributed by atoms with Gasteiger partial charge in [0.1, 0.15) is 0 Å². The topological polar surface area (TPSA) is 46.2 Å². The van der Waals surface area contributed by atoms with Crippen molar-refractivity contribution < 1.29 is 5.11 Å². The smallest absolute Gasteiger partial charge is 0.0608 e. The highest BCUT2D eigenvalue weighted by Crippen LogP contribution is 2.33. The number of rotatable bonds is 2. The van der Waals surface area contributed by atoms with Gasteiger partial charge in [-0.1, -0.05) is 86.3 Å². The van der Waals surface area contributed by atoms with E-state index < -0.39 is 0 Å². The average Bonchev–Trinajstić information content (AvgIpc) is 2.71. The molecule has 0 heterocycles. The van der Waals surface area contributed by atoms with E-state index in [1.807, 2.05) is 6.07 Å². The molecule has 2 saturated carbocycles. The molecule has 0 unspecified atom stereocenters. The number of hydrogen-bond donors (Lipinski definition) is 2. The van der Waals surface area contributed by atoms with Crippen molar-refractivity contribution in [3.8, 4) is 0 Å². The van der Waals surface area contributed by atoms with Crippen LogP contribution >= 0.6 is 0 Å². The minimum absolute atomic E-state index is 0.115. The molecule has 2 nitrogen and oxygen atoms in total. The maximum absolute atomic E-state index is 9.82. The van der Waals surface area contributed by atoms with Crippen molar-refractivity contribution in [2.45, 2.75) is 75.3 Å². The number of hydrogen-bond acceptors (Lipinski definition) is 2. The minimum Gasteiger partial charge on any atom is -0.392 e. The van der Waals surface area contributed by atoms with Gasteiger partial charge in [-0.15, -0.1) is 0 Å². The van der Waals surface area contributed by atoms with Gasteiger partial charge >= 0.3 is 0 Å². The summed E-state index contributed by atoms with van der Waals surface area (Å²) in [7, 11) is 0. The molecule has 0 saturated heterocycles. The second-order valence-corrected chi connectivity index (χ2v) is 7.83. The molecule has 2 aliphatic carbocycles. The van der Waals surface area contributed by atoms with Crippen molar-refractivity contribution in [2.75, 3.05) is 0 Å². The van der Waals surface area contributed by atoms with Gasteiger partial charge in [-0.25, -0.2) is 0 Å². The number of aliphatic hydroxyl groups excluding tert-OH is 1. The molecule has 2 aromatic carbocycles. The first-order valence-corrected chi connectivity index (χ1v) is 10.3. The molecule has 2 fully saturated rings. The summed E-state index contributed by atoms with van der Waals surface area (Å²) in [6.45, 7) is 0. The standard InChI is InChI=1S/C12H17N.C12H16O/c2*13-12-9-5-4-8-11(12)10-6-2-1-3-7-10/h1-3,6-7,11-12H,4-5,8-9,13H2;1-3,6-7,11-13H,4-5,8-9H2/t11-,12-;11-,12+/m11/s1. The van der Waals surface area contributed by atoms with Crippen LogP contribution in [0.2, 0.25) is 0 Å². The second-order valence-electron chi connectivity index (χ2n) is 7.83. The first kappa shape index (κ1) is 19.1. The summed E-state index contributed by atoms with van der Waals surface area (Å²) in [4.78, 5) is 0. The summed E-state index contributed by atoms with van der Waals surface area (Å²) in [5.41, 5.74) is 8.84. The summed E-state index contributed by atoms with van der Waals surface area (Å²) < 4.78 is 0. The number of nitrogens with two attached hydrogens (primary N) is 1. The monoisotopic (exact) mass is 351 g/mol. The Hall–Kier alpha value is -1.64. The largest absolute Gasteiger partial charge is 0.392 e. The van der Waals surface area contributed by atoms with E-state index in [0.29, 0.717) is 17.9 Å². The zero-order chi connectivity index (χ0) is 18.2. The van der Waals surface area contributed by atoms with E-state index in [1.165, 1.54) is 49.7 Å². The van der Waals surface area contributed by atoms with Crippen LogP contribution in [0, 0.1) is 0 Å². The molecule has 0 aromatic heterocycles. The molecular weight excluding hydrogens is 318 g/mol. The normalized spacial score (nSPS) is 28.7. The van der Waals surface area contributed by atoms with E-state index in [9.17, 15) is 5.11 Å². The zero-order valence-corrected chi connectivity index (χ0v) is 15.8. The van der Waals surface area contributed by atoms with E-state index >= 15 is 0 Å². The SMILES string of the molecule is N[C@@H]1CCCC[C@@H]1c1ccccc1.O[C@H]1CCCC[C@@H]1c1ccccc1. The van der Waals surface area contributed by atoms with Crippen LogP contribution in [0.15, 0.2) is 60.7 Å². The molecular formula is C24H33NO. The van der Waals surface area contributed by atoms with Crippen LogP contribution in [0.4, 0.5) is 0 Å². The zero-order valence-electron chi connectivity index (χ0n) is 15.8. The van der Waals surface area contributed by atoms with Crippen LogP contribution in [0.3, 0.4) is 0 Å². The van der Waals surface area contributed by atoms with Gasteiger partial charge in [0.05, 0.1) is 6.10 Å². The molecule has 0 bridgehead atoms.